The van der Waals surface area contributed by atoms with Crippen molar-refractivity contribution < 1.29 is 29.6 Å². The summed E-state index contributed by atoms with van der Waals surface area (Å²) in [6, 6.07) is 4.21. The Labute approximate surface area is 133 Å². The van der Waals surface area contributed by atoms with E-state index in [9.17, 15) is 24.9 Å². The van der Waals surface area contributed by atoms with Crippen molar-refractivity contribution in [3.8, 4) is 5.75 Å². The van der Waals surface area contributed by atoms with Crippen molar-refractivity contribution >= 4 is 17.7 Å². The number of hydrogen-bond acceptors (Lipinski definition) is 5. The minimum absolute atomic E-state index is 0.0503. The Morgan fingerprint density at radius 2 is 1.91 bits per heavy atom. The number of nitrogens with one attached hydrogen (secondary N) is 1. The molecule has 1 saturated carbocycles. The highest BCUT2D eigenvalue weighted by Gasteiger charge is 2.52. The van der Waals surface area contributed by atoms with Crippen LogP contribution in [0.1, 0.15) is 39.2 Å². The first-order chi connectivity index (χ1) is 10.5. The van der Waals surface area contributed by atoms with Crippen molar-refractivity contribution in [3.63, 3.8) is 0 Å². The predicted octanol–water partition coefficient (Wildman–Crippen LogP) is 2.22. The number of phenolic OH excluding ortho intramolecular Hbond substituents is 1. The quantitative estimate of drug-likeness (QED) is 0.678. The van der Waals surface area contributed by atoms with E-state index in [1.807, 2.05) is 0 Å². The maximum absolute atomic E-state index is 11.7. The van der Waals surface area contributed by atoms with Gasteiger partial charge in [-0.3, -0.25) is 10.1 Å². The fourth-order valence-electron chi connectivity index (χ4n) is 2.69. The van der Waals surface area contributed by atoms with Crippen molar-refractivity contribution in [1.82, 2.24) is 0 Å². The number of aliphatic carboxylic acids is 1. The summed E-state index contributed by atoms with van der Waals surface area (Å²) in [5.74, 6) is -1.33. The fourth-order valence-corrected chi connectivity index (χ4v) is 2.69. The third-order valence-corrected chi connectivity index (χ3v) is 3.74. The summed E-state index contributed by atoms with van der Waals surface area (Å²) in [4.78, 5) is 23.2. The first kappa shape index (κ1) is 17.1. The lowest BCUT2D eigenvalue weighted by Gasteiger charge is -2.42. The Bertz CT molecular complexity index is 628. The van der Waals surface area contributed by atoms with E-state index in [1.54, 1.807) is 20.8 Å². The highest BCUT2D eigenvalue weighted by molar-refractivity contribution is 5.87. The molecule has 7 nitrogen and oxygen atoms in total. The molecular formula is C16H21NO6. The van der Waals surface area contributed by atoms with Gasteiger partial charge >= 0.3 is 12.1 Å². The second kappa shape index (κ2) is 5.73. The van der Waals surface area contributed by atoms with E-state index in [1.165, 1.54) is 18.2 Å². The molecule has 126 valence electrons. The van der Waals surface area contributed by atoms with E-state index in [0.717, 1.165) is 0 Å². The molecule has 0 spiro atoms. The fraction of sp³-hybridized carbons (Fsp3) is 0.500. The molecule has 0 unspecified atom stereocenters. The molecule has 0 heterocycles. The van der Waals surface area contributed by atoms with Crippen LogP contribution in [0.15, 0.2) is 18.2 Å². The zero-order chi connectivity index (χ0) is 17.4. The molecule has 23 heavy (non-hydrogen) atoms. The zero-order valence-corrected chi connectivity index (χ0v) is 13.3. The lowest BCUT2D eigenvalue weighted by molar-refractivity contribution is -0.153. The van der Waals surface area contributed by atoms with E-state index >= 15 is 0 Å². The van der Waals surface area contributed by atoms with Crippen molar-refractivity contribution in [1.29, 1.82) is 0 Å². The van der Waals surface area contributed by atoms with Crippen LogP contribution < -0.4 is 5.32 Å². The molecule has 1 aromatic rings. The molecule has 1 amide bonds. The number of carbonyl (C=O) groups is 2. The summed E-state index contributed by atoms with van der Waals surface area (Å²) in [7, 11) is 0. The molecule has 1 aliphatic rings. The van der Waals surface area contributed by atoms with Crippen LogP contribution in [0, 0.1) is 0 Å². The number of amides is 1. The van der Waals surface area contributed by atoms with Gasteiger partial charge in [-0.2, -0.15) is 0 Å². The van der Waals surface area contributed by atoms with Crippen molar-refractivity contribution in [3.05, 3.63) is 23.8 Å². The van der Waals surface area contributed by atoms with Crippen molar-refractivity contribution in [2.45, 2.75) is 50.7 Å². The third-order valence-electron chi connectivity index (χ3n) is 3.74. The zero-order valence-electron chi connectivity index (χ0n) is 13.3. The van der Waals surface area contributed by atoms with Gasteiger partial charge in [0.2, 0.25) is 0 Å². The lowest BCUT2D eigenvalue weighted by Crippen LogP contribution is -2.50. The maximum atomic E-state index is 11.7. The largest absolute Gasteiger partial charge is 0.508 e. The van der Waals surface area contributed by atoms with E-state index in [-0.39, 0.29) is 24.2 Å². The number of hydrogen-bond donors (Lipinski definition) is 4. The summed E-state index contributed by atoms with van der Waals surface area (Å²) >= 11 is 0. The Morgan fingerprint density at radius 1 is 1.30 bits per heavy atom. The van der Waals surface area contributed by atoms with Gasteiger partial charge in [-0.1, -0.05) is 6.07 Å². The first-order valence-electron chi connectivity index (χ1n) is 7.28. The van der Waals surface area contributed by atoms with Crippen LogP contribution in [-0.4, -0.2) is 39.1 Å². The molecular weight excluding hydrogens is 302 g/mol. The summed E-state index contributed by atoms with van der Waals surface area (Å²) in [5, 5.41) is 31.5. The molecule has 1 aliphatic carbocycles. The van der Waals surface area contributed by atoms with Gasteiger partial charge < -0.3 is 20.1 Å². The van der Waals surface area contributed by atoms with Crippen LogP contribution in [0.4, 0.5) is 10.5 Å². The number of carboxylic acids is 1. The van der Waals surface area contributed by atoms with Gasteiger partial charge in [0, 0.05) is 17.3 Å². The average Bonchev–Trinajstić information content (AvgIpc) is 2.32. The molecule has 7 heteroatoms. The second-order valence-electron chi connectivity index (χ2n) is 6.81. The highest BCUT2D eigenvalue weighted by atomic mass is 16.6. The summed E-state index contributed by atoms with van der Waals surface area (Å²) < 4.78 is 5.10. The van der Waals surface area contributed by atoms with Gasteiger partial charge in [0.25, 0.3) is 0 Å². The Hall–Kier alpha value is -2.28. The molecule has 2 rings (SSSR count). The number of rotatable bonds is 3. The number of phenols is 1. The summed E-state index contributed by atoms with van der Waals surface area (Å²) in [6.45, 7) is 5.18. The number of benzene rings is 1. The van der Waals surface area contributed by atoms with Gasteiger partial charge in [-0.15, -0.1) is 0 Å². The number of aromatic hydroxyl groups is 1. The number of carbonyl (C=O) groups excluding carboxylic acids is 1. The summed E-state index contributed by atoms with van der Waals surface area (Å²) in [5.41, 5.74) is -1.42. The van der Waals surface area contributed by atoms with Gasteiger partial charge in [0.15, 0.2) is 0 Å². The highest BCUT2D eigenvalue weighted by Crippen LogP contribution is 2.47. The molecule has 0 aliphatic heterocycles. The monoisotopic (exact) mass is 323 g/mol. The average molecular weight is 323 g/mol. The van der Waals surface area contributed by atoms with Crippen LogP contribution >= 0.6 is 0 Å². The van der Waals surface area contributed by atoms with Crippen LogP contribution in [0.3, 0.4) is 0 Å². The predicted molar refractivity (Wildman–Crippen MR) is 82.5 cm³/mol. The maximum Gasteiger partial charge on any atom is 0.412 e. The number of carboxylic acid groups (broad SMARTS) is 1. The molecule has 0 radical (unpaired) electrons. The van der Waals surface area contributed by atoms with Gasteiger partial charge in [-0.25, -0.2) is 4.79 Å². The van der Waals surface area contributed by atoms with Crippen LogP contribution in [-0.2, 0) is 14.9 Å². The number of aliphatic hydroxyl groups excluding tert-OH is 1. The Morgan fingerprint density at radius 3 is 2.35 bits per heavy atom. The third kappa shape index (κ3) is 3.56. The van der Waals surface area contributed by atoms with E-state index < -0.39 is 29.2 Å². The molecule has 0 aromatic heterocycles. The van der Waals surface area contributed by atoms with Gasteiger partial charge in [0.05, 0.1) is 6.10 Å². The smallest absolute Gasteiger partial charge is 0.412 e. The molecule has 1 fully saturated rings. The van der Waals surface area contributed by atoms with Crippen molar-refractivity contribution in [2.75, 3.05) is 5.32 Å². The van der Waals surface area contributed by atoms with E-state index in [4.69, 9.17) is 4.74 Å². The number of anilines is 1. The van der Waals surface area contributed by atoms with Gasteiger partial charge in [-0.05, 0) is 39.7 Å². The normalized spacial score (nSPS) is 23.7. The Kier molecular flexibility index (Phi) is 4.26. The van der Waals surface area contributed by atoms with E-state index in [2.05, 4.69) is 5.32 Å². The second-order valence-corrected chi connectivity index (χ2v) is 6.81. The van der Waals surface area contributed by atoms with E-state index in [0.29, 0.717) is 5.69 Å². The molecule has 0 bridgehead atoms. The summed E-state index contributed by atoms with van der Waals surface area (Å²) in [6.07, 6.45) is -1.26. The van der Waals surface area contributed by atoms with Crippen LogP contribution in [0.25, 0.3) is 0 Å². The molecule has 0 atom stereocenters. The minimum Gasteiger partial charge on any atom is -0.508 e. The topological polar surface area (TPSA) is 116 Å². The van der Waals surface area contributed by atoms with Crippen LogP contribution in [0.5, 0.6) is 5.75 Å². The molecule has 4 N–H and O–H groups in total. The van der Waals surface area contributed by atoms with Crippen LogP contribution in [0.2, 0.25) is 0 Å². The number of ether oxygens (including phenoxy) is 1. The van der Waals surface area contributed by atoms with Gasteiger partial charge in [0.1, 0.15) is 16.8 Å². The molecule has 1 aromatic carbocycles. The van der Waals surface area contributed by atoms with Crippen molar-refractivity contribution in [2.24, 2.45) is 0 Å². The first-order valence-corrected chi connectivity index (χ1v) is 7.28. The SMILES string of the molecule is CC(C)(C)OC(=O)Nc1ccc(C2(C(=O)O)CC(O)C2)c(O)c1. The Balaban J connectivity index is 2.18. The molecule has 0 saturated heterocycles. The minimum atomic E-state index is -1.28. The number of aliphatic hydroxyl groups is 1. The lowest BCUT2D eigenvalue weighted by atomic mass is 9.62. The standard InChI is InChI=1S/C16H21NO6/c1-15(2,3)23-14(22)17-9-4-5-11(12(19)6-9)16(13(20)21)7-10(18)8-16/h4-6,10,18-19H,7-8H2,1-3H3,(H,17,22)(H,20,21).